The van der Waals surface area contributed by atoms with Gasteiger partial charge >= 0.3 is 0 Å². The first kappa shape index (κ1) is 12.4. The molecule has 0 bridgehead atoms. The summed E-state index contributed by atoms with van der Waals surface area (Å²) in [4.78, 5) is 14.0. The second-order valence-electron chi connectivity index (χ2n) is 3.52. The maximum absolute atomic E-state index is 11.7. The molecular weight excluding hydrogens is 208 g/mol. The van der Waals surface area contributed by atoms with Crippen molar-refractivity contribution in [1.82, 2.24) is 0 Å². The fourth-order valence-electron chi connectivity index (χ4n) is 1.35. The molecule has 2 nitrogen and oxygen atoms in total. The molecule has 0 radical (unpaired) electrons. The zero-order valence-corrected chi connectivity index (χ0v) is 10.4. The van der Waals surface area contributed by atoms with Crippen LogP contribution in [0, 0.1) is 6.92 Å². The van der Waals surface area contributed by atoms with Crippen LogP contribution in [0.3, 0.4) is 0 Å². The Kier molecular flexibility index (Phi) is 4.99. The lowest BCUT2D eigenvalue weighted by Gasteiger charge is -2.13. The Morgan fingerprint density at radius 1 is 1.47 bits per heavy atom. The number of Topliss-reactive ketones (excluding diaryl/α,β-unsaturated/α-hetero) is 1. The fourth-order valence-corrected chi connectivity index (χ4v) is 2.30. The van der Waals surface area contributed by atoms with E-state index in [9.17, 15) is 4.79 Å². The summed E-state index contributed by atoms with van der Waals surface area (Å²) in [6.07, 6.45) is 1.14. The molecule has 0 aliphatic rings. The van der Waals surface area contributed by atoms with Crippen molar-refractivity contribution in [2.75, 3.05) is 6.61 Å². The van der Waals surface area contributed by atoms with Crippen molar-refractivity contribution in [2.24, 2.45) is 0 Å². The third kappa shape index (κ3) is 3.43. The number of ketones is 1. The van der Waals surface area contributed by atoms with Crippen LogP contribution in [0.2, 0.25) is 0 Å². The summed E-state index contributed by atoms with van der Waals surface area (Å²) in [7, 11) is 0. The molecule has 0 saturated carbocycles. The lowest BCUT2D eigenvalue weighted by molar-refractivity contribution is -0.130. The summed E-state index contributed by atoms with van der Waals surface area (Å²) in [6, 6.07) is 4.03. The van der Waals surface area contributed by atoms with Crippen molar-refractivity contribution in [3.05, 3.63) is 21.9 Å². The Hall–Kier alpha value is -0.670. The lowest BCUT2D eigenvalue weighted by Crippen LogP contribution is -2.14. The number of hydrogen-bond donors (Lipinski definition) is 0. The molecule has 3 heteroatoms. The van der Waals surface area contributed by atoms with Crippen LogP contribution in [-0.2, 0) is 9.53 Å². The molecule has 1 atom stereocenters. The van der Waals surface area contributed by atoms with Gasteiger partial charge < -0.3 is 4.74 Å². The Bertz CT molecular complexity index is 317. The molecule has 0 amide bonds. The predicted octanol–water partition coefficient (Wildman–Crippen LogP) is 3.50. The summed E-state index contributed by atoms with van der Waals surface area (Å²) in [5.41, 5.74) is 0. The monoisotopic (exact) mass is 226 g/mol. The topological polar surface area (TPSA) is 26.3 Å². The first-order valence-electron chi connectivity index (χ1n) is 5.39. The third-order valence-electron chi connectivity index (χ3n) is 2.15. The standard InChI is InChI=1S/C12H18O2S/c1-4-8-14-12(10(13)5-2)11-7-6-9(3)15-11/h6-7,12H,4-5,8H2,1-3H3. The van der Waals surface area contributed by atoms with E-state index in [2.05, 4.69) is 0 Å². The first-order valence-corrected chi connectivity index (χ1v) is 6.21. The maximum atomic E-state index is 11.7. The molecule has 0 aromatic carbocycles. The molecule has 0 aliphatic heterocycles. The summed E-state index contributed by atoms with van der Waals surface area (Å²) in [6.45, 7) is 6.62. The molecule has 0 fully saturated rings. The summed E-state index contributed by atoms with van der Waals surface area (Å²) >= 11 is 1.64. The van der Waals surface area contributed by atoms with Gasteiger partial charge in [0.05, 0.1) is 0 Å². The minimum Gasteiger partial charge on any atom is -0.365 e. The van der Waals surface area contributed by atoms with Crippen molar-refractivity contribution in [1.29, 1.82) is 0 Å². The van der Waals surface area contributed by atoms with E-state index in [1.54, 1.807) is 11.3 Å². The highest BCUT2D eigenvalue weighted by atomic mass is 32.1. The van der Waals surface area contributed by atoms with E-state index in [0.717, 1.165) is 11.3 Å². The van der Waals surface area contributed by atoms with Gasteiger partial charge in [-0.1, -0.05) is 13.8 Å². The molecule has 0 N–H and O–H groups in total. The van der Waals surface area contributed by atoms with Gasteiger partial charge in [0.15, 0.2) is 5.78 Å². The molecule has 0 aliphatic carbocycles. The van der Waals surface area contributed by atoms with E-state index in [0.29, 0.717) is 13.0 Å². The molecule has 1 rings (SSSR count). The number of hydrogen-bond acceptors (Lipinski definition) is 3. The van der Waals surface area contributed by atoms with Gasteiger partial charge in [-0.2, -0.15) is 0 Å². The Morgan fingerprint density at radius 3 is 2.67 bits per heavy atom. The first-order chi connectivity index (χ1) is 7.19. The zero-order valence-electron chi connectivity index (χ0n) is 9.58. The molecule has 1 unspecified atom stereocenters. The summed E-state index contributed by atoms with van der Waals surface area (Å²) in [5.74, 6) is 0.172. The Morgan fingerprint density at radius 2 is 2.20 bits per heavy atom. The molecule has 15 heavy (non-hydrogen) atoms. The Balaban J connectivity index is 2.76. The van der Waals surface area contributed by atoms with Gasteiger partial charge in [0.25, 0.3) is 0 Å². The van der Waals surface area contributed by atoms with Crippen molar-refractivity contribution in [3.8, 4) is 0 Å². The highest BCUT2D eigenvalue weighted by Gasteiger charge is 2.20. The normalized spacial score (nSPS) is 12.7. The molecule has 1 aromatic rings. The van der Waals surface area contributed by atoms with Gasteiger partial charge in [-0.25, -0.2) is 0 Å². The zero-order chi connectivity index (χ0) is 11.3. The number of ether oxygens (including phenoxy) is 1. The van der Waals surface area contributed by atoms with Crippen LogP contribution in [0.1, 0.15) is 42.5 Å². The third-order valence-corrected chi connectivity index (χ3v) is 3.19. The largest absolute Gasteiger partial charge is 0.365 e. The smallest absolute Gasteiger partial charge is 0.166 e. The molecular formula is C12H18O2S. The van der Waals surface area contributed by atoms with E-state index < -0.39 is 0 Å². The molecule has 0 saturated heterocycles. The van der Waals surface area contributed by atoms with Crippen LogP contribution in [-0.4, -0.2) is 12.4 Å². The van der Waals surface area contributed by atoms with Crippen LogP contribution < -0.4 is 0 Å². The molecule has 1 aromatic heterocycles. The van der Waals surface area contributed by atoms with Crippen molar-refractivity contribution in [3.63, 3.8) is 0 Å². The van der Waals surface area contributed by atoms with Crippen molar-refractivity contribution in [2.45, 2.75) is 39.7 Å². The Labute approximate surface area is 95.3 Å². The van der Waals surface area contributed by atoms with Gasteiger partial charge in [0.2, 0.25) is 0 Å². The van der Waals surface area contributed by atoms with Crippen LogP contribution in [0.25, 0.3) is 0 Å². The number of aryl methyl sites for hydroxylation is 1. The van der Waals surface area contributed by atoms with Gasteiger partial charge in [-0.05, 0) is 25.5 Å². The van der Waals surface area contributed by atoms with Crippen LogP contribution >= 0.6 is 11.3 Å². The number of thiophene rings is 1. The number of carbonyl (C=O) groups excluding carboxylic acids is 1. The van der Waals surface area contributed by atoms with Gasteiger partial charge in [0, 0.05) is 22.8 Å². The molecule has 1 heterocycles. The summed E-state index contributed by atoms with van der Waals surface area (Å²) < 4.78 is 5.60. The minimum absolute atomic E-state index is 0.172. The number of rotatable bonds is 6. The maximum Gasteiger partial charge on any atom is 0.166 e. The minimum atomic E-state index is -0.339. The highest BCUT2D eigenvalue weighted by Crippen LogP contribution is 2.27. The van der Waals surface area contributed by atoms with Crippen molar-refractivity contribution < 1.29 is 9.53 Å². The number of carbonyl (C=O) groups is 1. The quantitative estimate of drug-likeness (QED) is 0.742. The predicted molar refractivity (Wildman–Crippen MR) is 63.3 cm³/mol. The van der Waals surface area contributed by atoms with Gasteiger partial charge in [0.1, 0.15) is 6.10 Å². The molecule has 0 spiro atoms. The van der Waals surface area contributed by atoms with Gasteiger partial charge in [-0.15, -0.1) is 11.3 Å². The highest BCUT2D eigenvalue weighted by molar-refractivity contribution is 7.12. The van der Waals surface area contributed by atoms with E-state index in [1.807, 2.05) is 32.9 Å². The van der Waals surface area contributed by atoms with Crippen molar-refractivity contribution >= 4 is 17.1 Å². The summed E-state index contributed by atoms with van der Waals surface area (Å²) in [5, 5.41) is 0. The van der Waals surface area contributed by atoms with Crippen LogP contribution in [0.4, 0.5) is 0 Å². The fraction of sp³-hybridized carbons (Fsp3) is 0.583. The van der Waals surface area contributed by atoms with E-state index in [1.165, 1.54) is 4.88 Å². The van der Waals surface area contributed by atoms with E-state index >= 15 is 0 Å². The average Bonchev–Trinajstić information content (AvgIpc) is 2.65. The second kappa shape index (κ2) is 6.03. The SMILES string of the molecule is CCCOC(C(=O)CC)c1ccc(C)s1. The van der Waals surface area contributed by atoms with Gasteiger partial charge in [-0.3, -0.25) is 4.79 Å². The van der Waals surface area contributed by atoms with Crippen LogP contribution in [0.15, 0.2) is 12.1 Å². The van der Waals surface area contributed by atoms with E-state index in [4.69, 9.17) is 4.74 Å². The molecule has 84 valence electrons. The van der Waals surface area contributed by atoms with E-state index in [-0.39, 0.29) is 11.9 Å². The lowest BCUT2D eigenvalue weighted by atomic mass is 10.1. The average molecular weight is 226 g/mol. The van der Waals surface area contributed by atoms with Crippen LogP contribution in [0.5, 0.6) is 0 Å². The second-order valence-corrected chi connectivity index (χ2v) is 4.84.